The van der Waals surface area contributed by atoms with Crippen molar-refractivity contribution in [2.24, 2.45) is 5.92 Å². The third-order valence-electron chi connectivity index (χ3n) is 6.23. The van der Waals surface area contributed by atoms with Crippen LogP contribution in [0.3, 0.4) is 0 Å². The van der Waals surface area contributed by atoms with E-state index in [4.69, 9.17) is 14.2 Å². The first-order valence-electron chi connectivity index (χ1n) is 12.3. The van der Waals surface area contributed by atoms with Crippen LogP contribution in [0, 0.1) is 5.92 Å². The Labute approximate surface area is 207 Å². The van der Waals surface area contributed by atoms with Gasteiger partial charge in [-0.3, -0.25) is 9.59 Å². The second kappa shape index (κ2) is 13.0. The van der Waals surface area contributed by atoms with Crippen LogP contribution in [-0.2, 0) is 4.74 Å². The van der Waals surface area contributed by atoms with Gasteiger partial charge in [-0.05, 0) is 62.4 Å². The van der Waals surface area contributed by atoms with Crippen molar-refractivity contribution in [1.29, 1.82) is 0 Å². The van der Waals surface area contributed by atoms with E-state index in [-0.39, 0.29) is 11.8 Å². The lowest BCUT2D eigenvalue weighted by molar-refractivity contribution is 0.0943. The second-order valence-electron chi connectivity index (χ2n) is 8.70. The predicted molar refractivity (Wildman–Crippen MR) is 138 cm³/mol. The van der Waals surface area contributed by atoms with Crippen molar-refractivity contribution in [2.75, 3.05) is 57.3 Å². The standard InChI is InChI=1S/C27H37N3O5/c1-5-35-17-7-14-28-26(31)21-18-20(10-11-22(21)30-15-12-19(2)13-16-30)29-27(32)25-23(33-3)8-6-9-24(25)34-4/h6,8-11,18-19H,5,7,12-17H2,1-4H3,(H,28,31)(H,29,32). The lowest BCUT2D eigenvalue weighted by Gasteiger charge is -2.33. The number of anilines is 2. The van der Waals surface area contributed by atoms with Gasteiger partial charge in [0.05, 0.1) is 19.8 Å². The van der Waals surface area contributed by atoms with Crippen LogP contribution in [0.1, 0.15) is 53.8 Å². The molecule has 0 bridgehead atoms. The topological polar surface area (TPSA) is 89.1 Å². The maximum absolute atomic E-state index is 13.2. The number of methoxy groups -OCH3 is 2. The van der Waals surface area contributed by atoms with Crippen LogP contribution < -0.4 is 25.0 Å². The average Bonchev–Trinajstić information content (AvgIpc) is 2.88. The van der Waals surface area contributed by atoms with Crippen molar-refractivity contribution in [3.8, 4) is 11.5 Å². The number of hydrogen-bond donors (Lipinski definition) is 2. The van der Waals surface area contributed by atoms with Gasteiger partial charge in [-0.25, -0.2) is 0 Å². The number of hydrogen-bond acceptors (Lipinski definition) is 6. The fourth-order valence-electron chi connectivity index (χ4n) is 4.21. The quantitative estimate of drug-likeness (QED) is 0.462. The Balaban J connectivity index is 1.84. The smallest absolute Gasteiger partial charge is 0.263 e. The van der Waals surface area contributed by atoms with Gasteiger partial charge in [0, 0.05) is 44.2 Å². The fourth-order valence-corrected chi connectivity index (χ4v) is 4.21. The maximum Gasteiger partial charge on any atom is 0.263 e. The molecule has 1 saturated heterocycles. The molecule has 0 aliphatic carbocycles. The van der Waals surface area contributed by atoms with Crippen LogP contribution in [0.5, 0.6) is 11.5 Å². The molecule has 2 amide bonds. The molecule has 2 aromatic rings. The van der Waals surface area contributed by atoms with Crippen molar-refractivity contribution in [3.05, 3.63) is 47.5 Å². The van der Waals surface area contributed by atoms with Gasteiger partial charge in [0.15, 0.2) is 0 Å². The number of carbonyl (C=O) groups is 2. The monoisotopic (exact) mass is 483 g/mol. The molecule has 1 aliphatic rings. The molecule has 8 heteroatoms. The van der Waals surface area contributed by atoms with Crippen LogP contribution in [0.25, 0.3) is 0 Å². The molecular weight excluding hydrogens is 446 g/mol. The van der Waals surface area contributed by atoms with E-state index in [1.165, 1.54) is 14.2 Å². The van der Waals surface area contributed by atoms with Gasteiger partial charge < -0.3 is 29.7 Å². The summed E-state index contributed by atoms with van der Waals surface area (Å²) in [6.45, 7) is 7.78. The molecule has 1 aliphatic heterocycles. The normalized spacial score (nSPS) is 13.9. The summed E-state index contributed by atoms with van der Waals surface area (Å²) in [6, 6.07) is 10.7. The lowest BCUT2D eigenvalue weighted by Crippen LogP contribution is -2.35. The summed E-state index contributed by atoms with van der Waals surface area (Å²) in [5.74, 6) is 0.959. The Morgan fingerprint density at radius 1 is 1.03 bits per heavy atom. The van der Waals surface area contributed by atoms with Crippen molar-refractivity contribution in [2.45, 2.75) is 33.1 Å². The highest BCUT2D eigenvalue weighted by atomic mass is 16.5. The van der Waals surface area contributed by atoms with E-state index in [0.717, 1.165) is 38.0 Å². The summed E-state index contributed by atoms with van der Waals surface area (Å²) in [6.07, 6.45) is 2.91. The molecule has 0 aromatic heterocycles. The Morgan fingerprint density at radius 3 is 2.34 bits per heavy atom. The molecule has 2 aromatic carbocycles. The highest BCUT2D eigenvalue weighted by molar-refractivity contribution is 6.09. The second-order valence-corrected chi connectivity index (χ2v) is 8.70. The van der Waals surface area contributed by atoms with E-state index >= 15 is 0 Å². The number of amides is 2. The molecule has 0 unspecified atom stereocenters. The Morgan fingerprint density at radius 2 is 1.71 bits per heavy atom. The van der Waals surface area contributed by atoms with Gasteiger partial charge in [0.2, 0.25) is 0 Å². The molecule has 35 heavy (non-hydrogen) atoms. The zero-order chi connectivity index (χ0) is 25.2. The zero-order valence-corrected chi connectivity index (χ0v) is 21.2. The van der Waals surface area contributed by atoms with Crippen LogP contribution >= 0.6 is 0 Å². The minimum atomic E-state index is -0.373. The largest absolute Gasteiger partial charge is 0.496 e. The Kier molecular flexibility index (Phi) is 9.78. The summed E-state index contributed by atoms with van der Waals surface area (Å²) in [7, 11) is 3.02. The summed E-state index contributed by atoms with van der Waals surface area (Å²) >= 11 is 0. The number of ether oxygens (including phenoxy) is 3. The highest BCUT2D eigenvalue weighted by Gasteiger charge is 2.23. The molecule has 0 spiro atoms. The van der Waals surface area contributed by atoms with Gasteiger partial charge in [-0.1, -0.05) is 13.0 Å². The number of carbonyl (C=O) groups excluding carboxylic acids is 2. The molecule has 3 rings (SSSR count). The Bertz CT molecular complexity index is 980. The third kappa shape index (κ3) is 6.88. The van der Waals surface area contributed by atoms with Crippen molar-refractivity contribution >= 4 is 23.2 Å². The van der Waals surface area contributed by atoms with Gasteiger partial charge in [0.1, 0.15) is 17.1 Å². The minimum absolute atomic E-state index is 0.166. The number of nitrogens with one attached hydrogen (secondary N) is 2. The van der Waals surface area contributed by atoms with Crippen molar-refractivity contribution in [3.63, 3.8) is 0 Å². The number of piperidine rings is 1. The summed E-state index contributed by atoms with van der Waals surface area (Å²) in [4.78, 5) is 28.6. The van der Waals surface area contributed by atoms with E-state index in [1.54, 1.807) is 24.3 Å². The molecule has 1 fully saturated rings. The van der Waals surface area contributed by atoms with Gasteiger partial charge in [-0.2, -0.15) is 0 Å². The van der Waals surface area contributed by atoms with Crippen molar-refractivity contribution in [1.82, 2.24) is 5.32 Å². The van der Waals surface area contributed by atoms with Crippen LogP contribution in [0.4, 0.5) is 11.4 Å². The zero-order valence-electron chi connectivity index (χ0n) is 21.2. The fraction of sp³-hybridized carbons (Fsp3) is 0.481. The Hall–Kier alpha value is -3.26. The molecule has 2 N–H and O–H groups in total. The molecule has 8 nitrogen and oxygen atoms in total. The van der Waals surface area contributed by atoms with Crippen molar-refractivity contribution < 1.29 is 23.8 Å². The van der Waals surface area contributed by atoms with Gasteiger partial charge >= 0.3 is 0 Å². The highest BCUT2D eigenvalue weighted by Crippen LogP contribution is 2.31. The van der Waals surface area contributed by atoms with Gasteiger partial charge in [0.25, 0.3) is 11.8 Å². The van der Waals surface area contributed by atoms with E-state index in [1.807, 2.05) is 19.1 Å². The number of benzene rings is 2. The lowest BCUT2D eigenvalue weighted by atomic mass is 9.97. The maximum atomic E-state index is 13.2. The van der Waals surface area contributed by atoms with Gasteiger partial charge in [-0.15, -0.1) is 0 Å². The first-order valence-corrected chi connectivity index (χ1v) is 12.3. The first-order chi connectivity index (χ1) is 17.0. The number of nitrogens with zero attached hydrogens (tertiary/aromatic N) is 1. The summed E-state index contributed by atoms with van der Waals surface area (Å²) < 4.78 is 16.1. The summed E-state index contributed by atoms with van der Waals surface area (Å²) in [5.41, 5.74) is 2.25. The molecule has 190 valence electrons. The first kappa shape index (κ1) is 26.3. The van der Waals surface area contributed by atoms with Crippen LogP contribution in [0.15, 0.2) is 36.4 Å². The third-order valence-corrected chi connectivity index (χ3v) is 6.23. The molecule has 1 heterocycles. The van der Waals surface area contributed by atoms with E-state index in [9.17, 15) is 9.59 Å². The summed E-state index contributed by atoms with van der Waals surface area (Å²) in [5, 5.41) is 5.90. The van der Waals surface area contributed by atoms with Crippen LogP contribution in [-0.4, -0.2) is 58.9 Å². The number of rotatable bonds is 11. The molecule has 0 radical (unpaired) electrons. The molecule has 0 saturated carbocycles. The van der Waals surface area contributed by atoms with E-state index in [0.29, 0.717) is 54.0 Å². The molecule has 0 atom stereocenters. The molecular formula is C27H37N3O5. The van der Waals surface area contributed by atoms with E-state index < -0.39 is 0 Å². The predicted octanol–water partition coefficient (Wildman–Crippen LogP) is 4.35. The minimum Gasteiger partial charge on any atom is -0.496 e. The van der Waals surface area contributed by atoms with Crippen LogP contribution in [0.2, 0.25) is 0 Å². The van der Waals surface area contributed by atoms with E-state index in [2.05, 4.69) is 22.5 Å². The average molecular weight is 484 g/mol. The SMILES string of the molecule is CCOCCCNC(=O)c1cc(NC(=O)c2c(OC)cccc2OC)ccc1N1CCC(C)CC1.